The van der Waals surface area contributed by atoms with Crippen molar-refractivity contribution in [1.82, 2.24) is 0 Å². The predicted octanol–water partition coefficient (Wildman–Crippen LogP) is 12.7. The second kappa shape index (κ2) is 42.1. The molecule has 0 aliphatic heterocycles. The maximum Gasteiger partial charge on any atom is 0.472 e. The molecule has 9 nitrogen and oxygen atoms in total. The first kappa shape index (κ1) is 53.5. The molecule has 0 aliphatic carbocycles. The van der Waals surface area contributed by atoms with Gasteiger partial charge in [-0.05, 0) is 51.4 Å². The maximum atomic E-state index is 12.5. The lowest BCUT2D eigenvalue weighted by Gasteiger charge is -2.19. The molecule has 0 amide bonds. The van der Waals surface area contributed by atoms with Crippen molar-refractivity contribution in [3.8, 4) is 0 Å². The molecule has 2 unspecified atom stereocenters. The molecule has 0 saturated heterocycles. The molecular formula is C46H80NO8P. The Kier molecular flexibility index (Phi) is 40.2. The van der Waals surface area contributed by atoms with Crippen LogP contribution in [0.1, 0.15) is 174 Å². The number of phosphoric acid groups is 1. The number of carbonyl (C=O) groups excluding carboxylic acids is 2. The van der Waals surface area contributed by atoms with Crippen LogP contribution in [0.5, 0.6) is 0 Å². The van der Waals surface area contributed by atoms with E-state index in [0.29, 0.717) is 19.3 Å². The quantitative estimate of drug-likeness (QED) is 0.0204. The monoisotopic (exact) mass is 806 g/mol. The summed E-state index contributed by atoms with van der Waals surface area (Å²) in [5.41, 5.74) is 5.34. The fraction of sp³-hybridized carbons (Fsp3) is 0.696. The molecule has 0 spiro atoms. The van der Waals surface area contributed by atoms with Crippen molar-refractivity contribution in [2.24, 2.45) is 5.73 Å². The van der Waals surface area contributed by atoms with Crippen molar-refractivity contribution in [2.45, 2.75) is 180 Å². The second-order valence-corrected chi connectivity index (χ2v) is 15.8. The van der Waals surface area contributed by atoms with E-state index in [0.717, 1.165) is 32.1 Å². The first-order chi connectivity index (χ1) is 27.3. The number of hydrogen-bond donors (Lipinski definition) is 2. The molecule has 0 aromatic rings. The van der Waals surface area contributed by atoms with E-state index in [9.17, 15) is 19.0 Å². The third kappa shape index (κ3) is 41.1. The average molecular weight is 806 g/mol. The van der Waals surface area contributed by atoms with Gasteiger partial charge in [-0.2, -0.15) is 0 Å². The number of unbranched alkanes of at least 4 members (excludes halogenated alkanes) is 19. The first-order valence-corrected chi connectivity index (χ1v) is 23.5. The number of carbonyl (C=O) groups is 2. The van der Waals surface area contributed by atoms with Crippen LogP contribution in [0, 0.1) is 0 Å². The van der Waals surface area contributed by atoms with E-state index in [4.69, 9.17) is 24.3 Å². The van der Waals surface area contributed by atoms with Gasteiger partial charge in [0.1, 0.15) is 6.61 Å². The van der Waals surface area contributed by atoms with Gasteiger partial charge in [-0.1, -0.05) is 183 Å². The molecule has 3 N–H and O–H groups in total. The highest BCUT2D eigenvalue weighted by Gasteiger charge is 2.25. The molecule has 0 rings (SSSR count). The molecule has 0 aromatic carbocycles. The third-order valence-corrected chi connectivity index (χ3v) is 9.94. The summed E-state index contributed by atoms with van der Waals surface area (Å²) in [5, 5.41) is 0. The number of nitrogens with two attached hydrogens (primary N) is 1. The fourth-order valence-corrected chi connectivity index (χ4v) is 6.48. The van der Waals surface area contributed by atoms with Gasteiger partial charge in [0, 0.05) is 19.4 Å². The summed E-state index contributed by atoms with van der Waals surface area (Å²) < 4.78 is 32.6. The zero-order valence-electron chi connectivity index (χ0n) is 35.3. The van der Waals surface area contributed by atoms with Gasteiger partial charge in [-0.25, -0.2) is 4.57 Å². The molecule has 0 aromatic heterocycles. The number of ether oxygens (including phenoxy) is 2. The number of rotatable bonds is 40. The maximum absolute atomic E-state index is 12.5. The van der Waals surface area contributed by atoms with Crippen molar-refractivity contribution >= 4 is 19.8 Å². The molecule has 56 heavy (non-hydrogen) atoms. The highest BCUT2D eigenvalue weighted by molar-refractivity contribution is 7.47. The van der Waals surface area contributed by atoms with Gasteiger partial charge in [0.15, 0.2) is 6.10 Å². The smallest absolute Gasteiger partial charge is 0.462 e. The lowest BCUT2D eigenvalue weighted by molar-refractivity contribution is -0.161. The summed E-state index contributed by atoms with van der Waals surface area (Å²) in [6.45, 7) is 3.49. The first-order valence-electron chi connectivity index (χ1n) is 22.0. The summed E-state index contributed by atoms with van der Waals surface area (Å²) in [4.78, 5) is 34.8. The van der Waals surface area contributed by atoms with Gasteiger partial charge in [0.2, 0.25) is 0 Å². The minimum atomic E-state index is -4.40. The van der Waals surface area contributed by atoms with E-state index < -0.39 is 32.5 Å². The van der Waals surface area contributed by atoms with Crippen LogP contribution in [-0.4, -0.2) is 49.3 Å². The zero-order chi connectivity index (χ0) is 41.1. The number of allylic oxidation sites excluding steroid dienone is 12. The SMILES string of the molecule is CC/C=C/C=C/C=C/C=C/C=C/CCCC(=O)OC(COC(=O)CCCCCCCCC/C=C/CCCCCCCCCCCCC)COP(=O)(O)OCCN. The second-order valence-electron chi connectivity index (χ2n) is 14.3. The Morgan fingerprint density at radius 3 is 1.55 bits per heavy atom. The van der Waals surface area contributed by atoms with Gasteiger partial charge in [-0.3, -0.25) is 18.6 Å². The number of phosphoric ester groups is 1. The standard InChI is InChI=1S/C46H80NO8P/c1-3-5-7-9-11-13-15-17-18-19-20-21-22-23-24-25-27-28-30-32-34-36-38-45(48)52-42-44(43-54-56(50,51)53-41-40-47)55-46(49)39-37-35-33-31-29-26-16-14-12-10-8-6-4-2/h6,8,10,12,14,16,22-23,26,29,31,33,44H,3-5,7,9,11,13,15,17-21,24-25,27-28,30,32,34-43,47H2,1-2H3,(H,50,51)/b8-6+,12-10+,16-14+,23-22+,29-26+,33-31+. The lowest BCUT2D eigenvalue weighted by Crippen LogP contribution is -2.29. The van der Waals surface area contributed by atoms with Crippen molar-refractivity contribution in [3.63, 3.8) is 0 Å². The van der Waals surface area contributed by atoms with Crippen LogP contribution < -0.4 is 5.73 Å². The van der Waals surface area contributed by atoms with Crippen LogP contribution in [0.15, 0.2) is 72.9 Å². The molecule has 0 radical (unpaired) electrons. The number of hydrogen-bond acceptors (Lipinski definition) is 8. The van der Waals surface area contributed by atoms with Gasteiger partial charge >= 0.3 is 19.8 Å². The van der Waals surface area contributed by atoms with Crippen LogP contribution in [0.2, 0.25) is 0 Å². The Morgan fingerprint density at radius 1 is 0.554 bits per heavy atom. The summed E-state index contributed by atoms with van der Waals surface area (Å²) in [5.74, 6) is -0.924. The Hall–Kier alpha value is -2.55. The van der Waals surface area contributed by atoms with Crippen LogP contribution in [-0.2, 0) is 32.7 Å². The van der Waals surface area contributed by atoms with E-state index in [-0.39, 0.29) is 32.6 Å². The average Bonchev–Trinajstić information content (AvgIpc) is 3.18. The Balaban J connectivity index is 4.16. The topological polar surface area (TPSA) is 134 Å². The summed E-state index contributed by atoms with van der Waals surface area (Å²) >= 11 is 0. The van der Waals surface area contributed by atoms with Crippen LogP contribution in [0.25, 0.3) is 0 Å². The molecule has 0 saturated carbocycles. The highest BCUT2D eigenvalue weighted by atomic mass is 31.2. The Labute approximate surface area is 341 Å². The Morgan fingerprint density at radius 2 is 1.02 bits per heavy atom. The summed E-state index contributed by atoms with van der Waals surface area (Å²) in [6.07, 6.45) is 51.0. The lowest BCUT2D eigenvalue weighted by atomic mass is 10.0. The zero-order valence-corrected chi connectivity index (χ0v) is 36.2. The van der Waals surface area contributed by atoms with E-state index in [2.05, 4.69) is 32.1 Å². The van der Waals surface area contributed by atoms with Gasteiger partial charge in [0.05, 0.1) is 13.2 Å². The molecule has 0 fully saturated rings. The molecule has 322 valence electrons. The largest absolute Gasteiger partial charge is 0.472 e. The predicted molar refractivity (Wildman–Crippen MR) is 233 cm³/mol. The number of esters is 2. The van der Waals surface area contributed by atoms with E-state index in [1.165, 1.54) is 96.3 Å². The minimum absolute atomic E-state index is 0.0380. The molecule has 2 atom stereocenters. The third-order valence-electron chi connectivity index (χ3n) is 8.95. The van der Waals surface area contributed by atoms with Gasteiger partial charge in [-0.15, -0.1) is 0 Å². The normalized spacial score (nSPS) is 14.0. The van der Waals surface area contributed by atoms with Crippen molar-refractivity contribution in [3.05, 3.63) is 72.9 Å². The van der Waals surface area contributed by atoms with Crippen LogP contribution in [0.3, 0.4) is 0 Å². The van der Waals surface area contributed by atoms with Crippen LogP contribution >= 0.6 is 7.82 Å². The van der Waals surface area contributed by atoms with Crippen molar-refractivity contribution in [2.75, 3.05) is 26.4 Å². The van der Waals surface area contributed by atoms with Crippen molar-refractivity contribution in [1.29, 1.82) is 0 Å². The molecule has 0 aliphatic rings. The minimum Gasteiger partial charge on any atom is -0.462 e. The summed E-state index contributed by atoms with van der Waals surface area (Å²) in [7, 11) is -4.40. The van der Waals surface area contributed by atoms with E-state index in [1.807, 2.05) is 54.7 Å². The van der Waals surface area contributed by atoms with Gasteiger partial charge in [0.25, 0.3) is 0 Å². The molecule has 0 bridgehead atoms. The van der Waals surface area contributed by atoms with Crippen LogP contribution in [0.4, 0.5) is 0 Å². The van der Waals surface area contributed by atoms with Crippen molar-refractivity contribution < 1.29 is 37.6 Å². The molecular weight excluding hydrogens is 725 g/mol. The van der Waals surface area contributed by atoms with Gasteiger partial charge < -0.3 is 20.1 Å². The molecule has 0 heterocycles. The summed E-state index contributed by atoms with van der Waals surface area (Å²) in [6, 6.07) is 0. The molecule has 10 heteroatoms. The highest BCUT2D eigenvalue weighted by Crippen LogP contribution is 2.43. The van der Waals surface area contributed by atoms with E-state index in [1.54, 1.807) is 0 Å². The fourth-order valence-electron chi connectivity index (χ4n) is 5.72. The van der Waals surface area contributed by atoms with E-state index >= 15 is 0 Å². The Bertz CT molecular complexity index is 1150.